The number of anilines is 1. The molecule has 0 saturated carbocycles. The summed E-state index contributed by atoms with van der Waals surface area (Å²) in [5, 5.41) is 22.1. The van der Waals surface area contributed by atoms with Crippen LogP contribution in [-0.2, 0) is 11.8 Å². The summed E-state index contributed by atoms with van der Waals surface area (Å²) in [5.74, 6) is 0.316. The topological polar surface area (TPSA) is 89.3 Å². The van der Waals surface area contributed by atoms with Gasteiger partial charge in [-0.3, -0.25) is 4.79 Å². The summed E-state index contributed by atoms with van der Waals surface area (Å²) in [6.07, 6.45) is 2.16. The van der Waals surface area contributed by atoms with Crippen LogP contribution in [0.5, 0.6) is 0 Å². The first-order valence-corrected chi connectivity index (χ1v) is 6.93. The van der Waals surface area contributed by atoms with Gasteiger partial charge in [0.1, 0.15) is 5.60 Å². The molecule has 2 aromatic heterocycles. The molecule has 0 unspecified atom stereocenters. The van der Waals surface area contributed by atoms with Crippen molar-refractivity contribution in [2.45, 2.75) is 12.0 Å². The van der Waals surface area contributed by atoms with E-state index >= 15 is 0 Å². The fraction of sp³-hybridized carbons (Fsp3) is 0.462. The summed E-state index contributed by atoms with van der Waals surface area (Å²) < 4.78 is 6.63. The number of halogens is 1. The number of nitrogens with one attached hydrogen (secondary N) is 1. The van der Waals surface area contributed by atoms with Gasteiger partial charge in [-0.15, -0.1) is 10.2 Å². The van der Waals surface area contributed by atoms with Gasteiger partial charge in [0.15, 0.2) is 11.0 Å². The van der Waals surface area contributed by atoms with Crippen LogP contribution in [0.1, 0.15) is 6.42 Å². The third-order valence-corrected chi connectivity index (χ3v) is 3.91. The molecule has 2 N–H and O–H groups in total. The van der Waals surface area contributed by atoms with E-state index in [4.69, 9.17) is 16.3 Å². The Kier molecular flexibility index (Phi) is 3.56. The second-order valence-corrected chi connectivity index (χ2v) is 5.60. The molecular formula is C13H15ClN4O3. The maximum absolute atomic E-state index is 12.3. The van der Waals surface area contributed by atoms with E-state index in [0.29, 0.717) is 29.6 Å². The van der Waals surface area contributed by atoms with Gasteiger partial charge in [0, 0.05) is 38.2 Å². The van der Waals surface area contributed by atoms with Crippen LogP contribution in [0.4, 0.5) is 5.82 Å². The van der Waals surface area contributed by atoms with Crippen LogP contribution in [0.2, 0.25) is 5.15 Å². The van der Waals surface area contributed by atoms with Crippen LogP contribution in [0, 0.1) is 0 Å². The Bertz CT molecular complexity index is 740. The Morgan fingerprint density at radius 1 is 1.57 bits per heavy atom. The van der Waals surface area contributed by atoms with Crippen molar-refractivity contribution < 1.29 is 9.84 Å². The zero-order chi connectivity index (χ0) is 15.0. The molecule has 0 aliphatic carbocycles. The molecule has 8 heteroatoms. The number of aliphatic hydroxyl groups is 1. The standard InChI is InChI=1S/C13H15ClN4O3/c1-18-4-2-8-9(12(18)19)11(17-16-10(8)14)15-6-13(20)3-5-21-7-13/h2,4,20H,3,5-7H2,1H3,(H,15,17)/t13-/m0/s1. The lowest BCUT2D eigenvalue weighted by Crippen LogP contribution is -2.37. The summed E-state index contributed by atoms with van der Waals surface area (Å²) >= 11 is 5.99. The number of pyridine rings is 1. The molecule has 7 nitrogen and oxygen atoms in total. The molecule has 0 spiro atoms. The molecule has 1 atom stereocenters. The lowest BCUT2D eigenvalue weighted by Gasteiger charge is -2.21. The number of ether oxygens (including phenoxy) is 1. The van der Waals surface area contributed by atoms with E-state index in [0.717, 1.165) is 0 Å². The van der Waals surface area contributed by atoms with Gasteiger partial charge in [-0.1, -0.05) is 11.6 Å². The summed E-state index contributed by atoms with van der Waals surface area (Å²) in [4.78, 5) is 12.3. The van der Waals surface area contributed by atoms with Gasteiger partial charge < -0.3 is 19.7 Å². The van der Waals surface area contributed by atoms with Crippen LogP contribution < -0.4 is 10.9 Å². The lowest BCUT2D eigenvalue weighted by atomic mass is 10.0. The molecule has 0 aromatic carbocycles. The lowest BCUT2D eigenvalue weighted by molar-refractivity contribution is 0.0381. The summed E-state index contributed by atoms with van der Waals surface area (Å²) in [5.41, 5.74) is -1.17. The van der Waals surface area contributed by atoms with Gasteiger partial charge in [0.2, 0.25) is 0 Å². The largest absolute Gasteiger partial charge is 0.386 e. The summed E-state index contributed by atoms with van der Waals surface area (Å²) in [7, 11) is 1.65. The highest BCUT2D eigenvalue weighted by Gasteiger charge is 2.32. The second kappa shape index (κ2) is 5.25. The maximum Gasteiger partial charge on any atom is 0.262 e. The first-order valence-electron chi connectivity index (χ1n) is 6.56. The molecule has 2 aromatic rings. The molecule has 0 amide bonds. The minimum atomic E-state index is -0.951. The average Bonchev–Trinajstić information content (AvgIpc) is 2.89. The van der Waals surface area contributed by atoms with Gasteiger partial charge in [0.05, 0.1) is 12.0 Å². The van der Waals surface area contributed by atoms with Crippen molar-refractivity contribution in [1.29, 1.82) is 0 Å². The summed E-state index contributed by atoms with van der Waals surface area (Å²) in [6, 6.07) is 1.71. The molecule has 1 aliphatic heterocycles. The fourth-order valence-corrected chi connectivity index (χ4v) is 2.53. The minimum absolute atomic E-state index is 0.177. The Labute approximate surface area is 125 Å². The predicted octanol–water partition coefficient (Wildman–Crippen LogP) is 0.545. The van der Waals surface area contributed by atoms with Crippen LogP contribution in [-0.4, -0.2) is 45.2 Å². The number of nitrogens with zero attached hydrogens (tertiary/aromatic N) is 3. The van der Waals surface area contributed by atoms with Gasteiger partial charge in [0.25, 0.3) is 5.56 Å². The van der Waals surface area contributed by atoms with Crippen molar-refractivity contribution in [2.24, 2.45) is 7.05 Å². The molecule has 0 bridgehead atoms. The van der Waals surface area contributed by atoms with Crippen LogP contribution in [0.25, 0.3) is 10.8 Å². The zero-order valence-corrected chi connectivity index (χ0v) is 12.2. The zero-order valence-electron chi connectivity index (χ0n) is 11.5. The van der Waals surface area contributed by atoms with Crippen LogP contribution >= 0.6 is 11.6 Å². The van der Waals surface area contributed by atoms with E-state index in [1.54, 1.807) is 19.3 Å². The molecular weight excluding hydrogens is 296 g/mol. The van der Waals surface area contributed by atoms with Gasteiger partial charge in [-0.05, 0) is 6.07 Å². The molecule has 112 valence electrons. The van der Waals surface area contributed by atoms with Crippen molar-refractivity contribution in [3.8, 4) is 0 Å². The van der Waals surface area contributed by atoms with Crippen LogP contribution in [0.15, 0.2) is 17.1 Å². The minimum Gasteiger partial charge on any atom is -0.386 e. The quantitative estimate of drug-likeness (QED) is 0.860. The first-order chi connectivity index (χ1) is 10.0. The Morgan fingerprint density at radius 3 is 3.10 bits per heavy atom. The Balaban J connectivity index is 2.00. The van der Waals surface area contributed by atoms with E-state index < -0.39 is 5.60 Å². The highest BCUT2D eigenvalue weighted by atomic mass is 35.5. The molecule has 21 heavy (non-hydrogen) atoms. The predicted molar refractivity (Wildman–Crippen MR) is 78.7 cm³/mol. The third-order valence-electron chi connectivity index (χ3n) is 3.63. The molecule has 3 rings (SSSR count). The molecule has 1 fully saturated rings. The maximum atomic E-state index is 12.3. The fourth-order valence-electron chi connectivity index (χ4n) is 2.34. The first kappa shape index (κ1) is 14.2. The molecule has 1 saturated heterocycles. The number of rotatable bonds is 3. The second-order valence-electron chi connectivity index (χ2n) is 5.24. The van der Waals surface area contributed by atoms with Crippen molar-refractivity contribution >= 4 is 28.2 Å². The van der Waals surface area contributed by atoms with Crippen molar-refractivity contribution in [3.05, 3.63) is 27.8 Å². The van der Waals surface area contributed by atoms with E-state index in [1.807, 2.05) is 0 Å². The monoisotopic (exact) mass is 310 g/mol. The normalized spacial score (nSPS) is 21.9. The van der Waals surface area contributed by atoms with E-state index in [1.165, 1.54) is 4.57 Å². The van der Waals surface area contributed by atoms with Crippen molar-refractivity contribution in [3.63, 3.8) is 0 Å². The van der Waals surface area contributed by atoms with Gasteiger partial charge in [-0.2, -0.15) is 0 Å². The Morgan fingerprint density at radius 2 is 2.38 bits per heavy atom. The number of hydrogen-bond donors (Lipinski definition) is 2. The molecule has 3 heterocycles. The number of aryl methyl sites for hydroxylation is 1. The molecule has 0 radical (unpaired) electrons. The van der Waals surface area contributed by atoms with E-state index in [2.05, 4.69) is 15.5 Å². The number of hydrogen-bond acceptors (Lipinski definition) is 6. The van der Waals surface area contributed by atoms with Crippen molar-refractivity contribution in [1.82, 2.24) is 14.8 Å². The van der Waals surface area contributed by atoms with Gasteiger partial charge >= 0.3 is 0 Å². The van der Waals surface area contributed by atoms with Gasteiger partial charge in [-0.25, -0.2) is 0 Å². The highest BCUT2D eigenvalue weighted by molar-refractivity contribution is 6.34. The molecule has 1 aliphatic rings. The SMILES string of the molecule is Cn1ccc2c(Cl)nnc(NC[C@@]3(O)CCOC3)c2c1=O. The third kappa shape index (κ3) is 2.59. The Hall–Kier alpha value is -1.70. The summed E-state index contributed by atoms with van der Waals surface area (Å²) in [6.45, 7) is 1.01. The van der Waals surface area contributed by atoms with E-state index in [9.17, 15) is 9.90 Å². The number of fused-ring (bicyclic) bond motifs is 1. The van der Waals surface area contributed by atoms with Crippen molar-refractivity contribution in [2.75, 3.05) is 25.1 Å². The highest BCUT2D eigenvalue weighted by Crippen LogP contribution is 2.24. The van der Waals surface area contributed by atoms with E-state index in [-0.39, 0.29) is 23.9 Å². The van der Waals surface area contributed by atoms with Crippen LogP contribution in [0.3, 0.4) is 0 Å². The average molecular weight is 311 g/mol. The number of aromatic nitrogens is 3. The smallest absolute Gasteiger partial charge is 0.262 e.